The number of hydrogen-bond donors (Lipinski definition) is 3. The lowest BCUT2D eigenvalue weighted by molar-refractivity contribution is -0.118. The number of rotatable bonds is 4. The molecule has 0 radical (unpaired) electrons. The first-order valence-electron chi connectivity index (χ1n) is 4.98. The molecule has 0 aromatic heterocycles. The number of amides is 2. The number of hydrogen-bond acceptors (Lipinski definition) is 3. The summed E-state index contributed by atoms with van der Waals surface area (Å²) in [6.07, 6.45) is 0.0562. The van der Waals surface area contributed by atoms with Gasteiger partial charge in [-0.2, -0.15) is 0 Å². The molecule has 0 heterocycles. The van der Waals surface area contributed by atoms with Gasteiger partial charge in [0.25, 0.3) is 5.91 Å². The van der Waals surface area contributed by atoms with Gasteiger partial charge < -0.3 is 11.1 Å². The molecule has 2 amide bonds. The normalized spacial score (nSPS) is 11.9. The molecule has 92 valence electrons. The average molecular weight is 256 g/mol. The van der Waals surface area contributed by atoms with Gasteiger partial charge in [-0.1, -0.05) is 0 Å². The van der Waals surface area contributed by atoms with Crippen molar-refractivity contribution in [1.29, 1.82) is 0 Å². The minimum atomic E-state index is -0.494. The van der Waals surface area contributed by atoms with Crippen LogP contribution in [0.4, 0.5) is 4.39 Å². The topological polar surface area (TPSA) is 72.2 Å². The Balaban J connectivity index is 2.70. The highest BCUT2D eigenvalue weighted by molar-refractivity contribution is 7.80. The Hall–Kier alpha value is -1.56. The molecule has 1 rings (SSSR count). The third kappa shape index (κ3) is 4.07. The molecule has 4 nitrogen and oxygen atoms in total. The number of nitrogens with one attached hydrogen (secondary N) is 1. The van der Waals surface area contributed by atoms with Gasteiger partial charge >= 0.3 is 0 Å². The fourth-order valence-electron chi connectivity index (χ4n) is 1.31. The van der Waals surface area contributed by atoms with E-state index in [4.69, 9.17) is 5.73 Å². The summed E-state index contributed by atoms with van der Waals surface area (Å²) >= 11 is 3.88. The van der Waals surface area contributed by atoms with E-state index in [1.165, 1.54) is 12.1 Å². The summed E-state index contributed by atoms with van der Waals surface area (Å²) in [6, 6.07) is 3.47. The summed E-state index contributed by atoms with van der Waals surface area (Å²) in [4.78, 5) is 22.4. The first-order chi connectivity index (χ1) is 7.90. The Kier molecular flexibility index (Phi) is 4.51. The van der Waals surface area contributed by atoms with Crippen LogP contribution >= 0.6 is 12.6 Å². The molecule has 0 bridgehead atoms. The van der Waals surface area contributed by atoms with Crippen molar-refractivity contribution in [2.24, 2.45) is 5.73 Å². The monoisotopic (exact) mass is 256 g/mol. The number of benzene rings is 1. The molecule has 3 N–H and O–H groups in total. The second-order valence-corrected chi connectivity index (χ2v) is 4.19. The maximum Gasteiger partial charge on any atom is 0.251 e. The minimum absolute atomic E-state index is 0.0562. The van der Waals surface area contributed by atoms with E-state index in [0.717, 1.165) is 6.07 Å². The van der Waals surface area contributed by atoms with Gasteiger partial charge in [0, 0.05) is 22.9 Å². The zero-order valence-corrected chi connectivity index (χ0v) is 10.1. The molecule has 0 aliphatic rings. The lowest BCUT2D eigenvalue weighted by Gasteiger charge is -2.12. The Bertz CT molecular complexity index is 451. The molecule has 0 fully saturated rings. The molecule has 0 spiro atoms. The van der Waals surface area contributed by atoms with Crippen LogP contribution in [-0.2, 0) is 4.79 Å². The van der Waals surface area contributed by atoms with Gasteiger partial charge in [0.2, 0.25) is 5.91 Å². The highest BCUT2D eigenvalue weighted by Gasteiger charge is 2.12. The van der Waals surface area contributed by atoms with Crippen molar-refractivity contribution in [2.75, 3.05) is 0 Å². The predicted molar refractivity (Wildman–Crippen MR) is 64.4 cm³/mol. The molecule has 1 aromatic rings. The molecule has 1 atom stereocenters. The van der Waals surface area contributed by atoms with Crippen LogP contribution in [0, 0.1) is 5.82 Å². The van der Waals surface area contributed by atoms with Crippen molar-refractivity contribution in [2.45, 2.75) is 24.3 Å². The summed E-state index contributed by atoms with van der Waals surface area (Å²) in [6.45, 7) is 1.66. The maximum atomic E-state index is 12.9. The molecule has 17 heavy (non-hydrogen) atoms. The molecule has 0 aliphatic heterocycles. The third-order valence-electron chi connectivity index (χ3n) is 2.09. The van der Waals surface area contributed by atoms with E-state index < -0.39 is 17.6 Å². The molecular formula is C11H13FN2O2S. The second kappa shape index (κ2) is 5.67. The fourth-order valence-corrected chi connectivity index (χ4v) is 1.53. The van der Waals surface area contributed by atoms with Crippen LogP contribution in [0.5, 0.6) is 0 Å². The molecule has 6 heteroatoms. The summed E-state index contributed by atoms with van der Waals surface area (Å²) in [5, 5.41) is 2.58. The number of carbonyl (C=O) groups excluding carboxylic acids is 2. The van der Waals surface area contributed by atoms with Crippen molar-refractivity contribution >= 4 is 24.4 Å². The van der Waals surface area contributed by atoms with Gasteiger partial charge in [-0.25, -0.2) is 4.39 Å². The summed E-state index contributed by atoms with van der Waals surface area (Å²) < 4.78 is 12.9. The minimum Gasteiger partial charge on any atom is -0.370 e. The number of thiol groups is 1. The first-order valence-corrected chi connectivity index (χ1v) is 5.42. The fraction of sp³-hybridized carbons (Fsp3) is 0.273. The summed E-state index contributed by atoms with van der Waals surface area (Å²) in [7, 11) is 0. The lowest BCUT2D eigenvalue weighted by Crippen LogP contribution is -2.35. The third-order valence-corrected chi connectivity index (χ3v) is 2.44. The molecule has 1 unspecified atom stereocenters. The van der Waals surface area contributed by atoms with E-state index in [2.05, 4.69) is 17.9 Å². The molecule has 1 aromatic carbocycles. The molecule has 0 saturated carbocycles. The van der Waals surface area contributed by atoms with Crippen LogP contribution in [0.2, 0.25) is 0 Å². The van der Waals surface area contributed by atoms with Crippen LogP contribution < -0.4 is 11.1 Å². The number of primary amides is 1. The van der Waals surface area contributed by atoms with Gasteiger partial charge in [0.05, 0.1) is 0 Å². The van der Waals surface area contributed by atoms with Gasteiger partial charge in [-0.05, 0) is 25.1 Å². The smallest absolute Gasteiger partial charge is 0.251 e. The van der Waals surface area contributed by atoms with Crippen LogP contribution in [-0.4, -0.2) is 17.9 Å². The van der Waals surface area contributed by atoms with Crippen LogP contribution in [0.25, 0.3) is 0 Å². The maximum absolute atomic E-state index is 12.9. The summed E-state index contributed by atoms with van der Waals surface area (Å²) in [5.41, 5.74) is 5.28. The van der Waals surface area contributed by atoms with Crippen LogP contribution in [0.1, 0.15) is 23.7 Å². The second-order valence-electron chi connectivity index (χ2n) is 3.71. The Morgan fingerprint density at radius 3 is 2.71 bits per heavy atom. The van der Waals surface area contributed by atoms with E-state index in [-0.39, 0.29) is 22.9 Å². The van der Waals surface area contributed by atoms with Gasteiger partial charge in [-0.15, -0.1) is 12.6 Å². The van der Waals surface area contributed by atoms with Crippen LogP contribution in [0.3, 0.4) is 0 Å². The van der Waals surface area contributed by atoms with Crippen molar-refractivity contribution in [3.8, 4) is 0 Å². The van der Waals surface area contributed by atoms with Crippen molar-refractivity contribution < 1.29 is 14.0 Å². The highest BCUT2D eigenvalue weighted by atomic mass is 32.1. The van der Waals surface area contributed by atoms with E-state index in [9.17, 15) is 14.0 Å². The lowest BCUT2D eigenvalue weighted by atomic mass is 10.1. The SMILES string of the molecule is CC(CC(N)=O)NC(=O)c1ccc(F)c(S)c1. The van der Waals surface area contributed by atoms with Gasteiger partial charge in [0.15, 0.2) is 0 Å². The van der Waals surface area contributed by atoms with E-state index in [0.29, 0.717) is 0 Å². The number of carbonyl (C=O) groups is 2. The quantitative estimate of drug-likeness (QED) is 0.706. The van der Waals surface area contributed by atoms with E-state index >= 15 is 0 Å². The molecule has 0 saturated heterocycles. The highest BCUT2D eigenvalue weighted by Crippen LogP contribution is 2.14. The Labute approximate surface area is 104 Å². The van der Waals surface area contributed by atoms with E-state index in [1.54, 1.807) is 6.92 Å². The average Bonchev–Trinajstić information content (AvgIpc) is 2.20. The number of halogens is 1. The molecular weight excluding hydrogens is 243 g/mol. The van der Waals surface area contributed by atoms with Crippen LogP contribution in [0.15, 0.2) is 23.1 Å². The Morgan fingerprint density at radius 1 is 1.53 bits per heavy atom. The summed E-state index contributed by atoms with van der Waals surface area (Å²) in [5.74, 6) is -1.38. The number of nitrogens with two attached hydrogens (primary N) is 1. The zero-order valence-electron chi connectivity index (χ0n) is 9.24. The van der Waals surface area contributed by atoms with Crippen molar-refractivity contribution in [3.05, 3.63) is 29.6 Å². The van der Waals surface area contributed by atoms with Gasteiger partial charge in [0.1, 0.15) is 5.82 Å². The standard InChI is InChI=1S/C11H13FN2O2S/c1-6(4-10(13)15)14-11(16)7-2-3-8(12)9(17)5-7/h2-3,5-6,17H,4H2,1H3,(H2,13,15)(H,14,16). The van der Waals surface area contributed by atoms with Crippen molar-refractivity contribution in [3.63, 3.8) is 0 Å². The van der Waals surface area contributed by atoms with E-state index in [1.807, 2.05) is 0 Å². The van der Waals surface area contributed by atoms with Crippen molar-refractivity contribution in [1.82, 2.24) is 5.32 Å². The predicted octanol–water partition coefficient (Wildman–Crippen LogP) is 1.11. The Morgan fingerprint density at radius 2 is 2.18 bits per heavy atom. The largest absolute Gasteiger partial charge is 0.370 e. The van der Waals surface area contributed by atoms with Gasteiger partial charge in [-0.3, -0.25) is 9.59 Å². The molecule has 0 aliphatic carbocycles. The zero-order chi connectivity index (χ0) is 13.0. The first kappa shape index (κ1) is 13.5.